The van der Waals surface area contributed by atoms with Crippen molar-refractivity contribution >= 4 is 23.2 Å². The summed E-state index contributed by atoms with van der Waals surface area (Å²) in [5, 5.41) is 2.38. The predicted molar refractivity (Wildman–Crippen MR) is 51.5 cm³/mol. The largest absolute Gasteiger partial charge is 0.300 e. The van der Waals surface area contributed by atoms with E-state index in [0.717, 1.165) is 25.7 Å². The average molecular weight is 183 g/mol. The Kier molecular flexibility index (Phi) is 3.57. The summed E-state index contributed by atoms with van der Waals surface area (Å²) in [4.78, 5) is 15.2. The van der Waals surface area contributed by atoms with Gasteiger partial charge in [-0.2, -0.15) is 0 Å². The van der Waals surface area contributed by atoms with Gasteiger partial charge in [-0.3, -0.25) is 4.79 Å². The quantitative estimate of drug-likeness (QED) is 0.485. The van der Waals surface area contributed by atoms with Gasteiger partial charge in [0.05, 0.1) is 11.2 Å². The molecular formula is C9H13NOS. The molecule has 2 unspecified atom stereocenters. The van der Waals surface area contributed by atoms with Crippen LogP contribution in [0.15, 0.2) is 4.99 Å². The number of Topliss-reactive ketones (excluding diaryl/α,β-unsaturated/α-hetero) is 1. The van der Waals surface area contributed by atoms with E-state index in [-0.39, 0.29) is 17.7 Å². The van der Waals surface area contributed by atoms with Crippen molar-refractivity contribution in [2.24, 2.45) is 10.9 Å². The van der Waals surface area contributed by atoms with Crippen LogP contribution in [0.1, 0.15) is 32.6 Å². The minimum Gasteiger partial charge on any atom is -0.300 e. The highest BCUT2D eigenvalue weighted by Crippen LogP contribution is 2.27. The van der Waals surface area contributed by atoms with E-state index < -0.39 is 0 Å². The van der Waals surface area contributed by atoms with Crippen LogP contribution in [0.4, 0.5) is 0 Å². The van der Waals surface area contributed by atoms with Crippen LogP contribution >= 0.6 is 12.2 Å². The lowest BCUT2D eigenvalue weighted by Gasteiger charge is -2.25. The molecule has 0 heterocycles. The smallest absolute Gasteiger partial charge is 0.135 e. The first-order chi connectivity index (χ1) is 5.75. The summed E-state index contributed by atoms with van der Waals surface area (Å²) < 4.78 is 0. The van der Waals surface area contributed by atoms with E-state index in [1.54, 1.807) is 6.92 Å². The Balaban J connectivity index is 2.66. The van der Waals surface area contributed by atoms with Gasteiger partial charge in [-0.15, -0.1) is 0 Å². The third-order valence-corrected chi connectivity index (χ3v) is 2.58. The second-order valence-electron chi connectivity index (χ2n) is 3.29. The van der Waals surface area contributed by atoms with Crippen molar-refractivity contribution in [3.63, 3.8) is 0 Å². The third-order valence-electron chi connectivity index (χ3n) is 2.47. The standard InChI is InChI=1S/C9H13NOS/c1-7(11)8-4-2-3-5-9(8)10-6-12/h8-9H,2-5H2,1H3. The molecule has 0 aromatic carbocycles. The Bertz CT molecular complexity index is 211. The number of hydrogen-bond donors (Lipinski definition) is 0. The van der Waals surface area contributed by atoms with Crippen molar-refractivity contribution in [1.82, 2.24) is 0 Å². The van der Waals surface area contributed by atoms with Gasteiger partial charge in [0.25, 0.3) is 0 Å². The van der Waals surface area contributed by atoms with Gasteiger partial charge < -0.3 is 0 Å². The molecule has 1 fully saturated rings. The van der Waals surface area contributed by atoms with Crippen molar-refractivity contribution in [3.05, 3.63) is 0 Å². The zero-order chi connectivity index (χ0) is 8.97. The maximum atomic E-state index is 11.2. The Labute approximate surface area is 78.1 Å². The van der Waals surface area contributed by atoms with E-state index in [0.29, 0.717) is 0 Å². The monoisotopic (exact) mass is 183 g/mol. The highest BCUT2D eigenvalue weighted by molar-refractivity contribution is 7.78. The third kappa shape index (κ3) is 2.23. The first-order valence-corrected chi connectivity index (χ1v) is 4.74. The molecule has 2 atom stereocenters. The lowest BCUT2D eigenvalue weighted by Crippen LogP contribution is -2.28. The van der Waals surface area contributed by atoms with E-state index in [4.69, 9.17) is 0 Å². The summed E-state index contributed by atoms with van der Waals surface area (Å²) in [7, 11) is 0. The highest BCUT2D eigenvalue weighted by atomic mass is 32.1. The molecule has 0 amide bonds. The average Bonchev–Trinajstić information content (AvgIpc) is 2.05. The molecule has 2 nitrogen and oxygen atoms in total. The maximum absolute atomic E-state index is 11.2. The fraction of sp³-hybridized carbons (Fsp3) is 0.778. The van der Waals surface area contributed by atoms with Crippen LogP contribution in [0.3, 0.4) is 0 Å². The van der Waals surface area contributed by atoms with Gasteiger partial charge in [0.15, 0.2) is 0 Å². The number of nitrogens with zero attached hydrogens (tertiary/aromatic N) is 1. The number of isothiocyanates is 1. The van der Waals surface area contributed by atoms with E-state index in [1.165, 1.54) is 0 Å². The molecule has 1 aliphatic rings. The molecule has 12 heavy (non-hydrogen) atoms. The van der Waals surface area contributed by atoms with E-state index >= 15 is 0 Å². The minimum atomic E-state index is 0.106. The van der Waals surface area contributed by atoms with Gasteiger partial charge in [0, 0.05) is 5.92 Å². The molecule has 1 aliphatic carbocycles. The van der Waals surface area contributed by atoms with Crippen LogP contribution in [0, 0.1) is 5.92 Å². The molecule has 0 spiro atoms. The Morgan fingerprint density at radius 2 is 2.17 bits per heavy atom. The lowest BCUT2D eigenvalue weighted by atomic mass is 9.82. The molecule has 0 N–H and O–H groups in total. The molecule has 1 rings (SSSR count). The van der Waals surface area contributed by atoms with Gasteiger partial charge in [-0.1, -0.05) is 12.8 Å². The molecule has 0 aromatic heterocycles. The normalized spacial score (nSPS) is 29.1. The Morgan fingerprint density at radius 1 is 1.50 bits per heavy atom. The van der Waals surface area contributed by atoms with Crippen molar-refractivity contribution < 1.29 is 4.79 Å². The van der Waals surface area contributed by atoms with Gasteiger partial charge >= 0.3 is 0 Å². The number of carbonyl (C=O) groups excluding carboxylic acids is 1. The first kappa shape index (κ1) is 9.56. The van der Waals surface area contributed by atoms with Crippen LogP contribution in [0.25, 0.3) is 0 Å². The number of hydrogen-bond acceptors (Lipinski definition) is 3. The second kappa shape index (κ2) is 4.48. The molecule has 0 saturated heterocycles. The molecule has 0 aromatic rings. The van der Waals surface area contributed by atoms with Crippen molar-refractivity contribution in [2.45, 2.75) is 38.6 Å². The summed E-state index contributed by atoms with van der Waals surface area (Å²) in [6, 6.07) is 0.119. The predicted octanol–water partition coefficient (Wildman–Crippen LogP) is 2.24. The highest BCUT2D eigenvalue weighted by Gasteiger charge is 2.27. The summed E-state index contributed by atoms with van der Waals surface area (Å²) in [6.45, 7) is 1.64. The number of aliphatic imine (C=N–C) groups is 1. The molecule has 0 radical (unpaired) electrons. The zero-order valence-corrected chi connectivity index (χ0v) is 8.06. The van der Waals surface area contributed by atoms with Crippen LogP contribution in [-0.4, -0.2) is 17.0 Å². The number of thiocarbonyl (C=S) groups is 1. The van der Waals surface area contributed by atoms with Crippen LogP contribution in [0.5, 0.6) is 0 Å². The summed E-state index contributed by atoms with van der Waals surface area (Å²) in [5.41, 5.74) is 0. The van der Waals surface area contributed by atoms with Gasteiger partial charge in [-0.25, -0.2) is 4.99 Å². The van der Waals surface area contributed by atoms with Crippen LogP contribution < -0.4 is 0 Å². The van der Waals surface area contributed by atoms with Gasteiger partial charge in [0.1, 0.15) is 5.78 Å². The van der Waals surface area contributed by atoms with Gasteiger partial charge in [-0.05, 0) is 32.0 Å². The molecular weight excluding hydrogens is 170 g/mol. The number of rotatable bonds is 2. The number of carbonyl (C=O) groups is 1. The lowest BCUT2D eigenvalue weighted by molar-refractivity contribution is -0.122. The molecule has 0 bridgehead atoms. The fourth-order valence-corrected chi connectivity index (χ4v) is 1.94. The topological polar surface area (TPSA) is 29.4 Å². The SMILES string of the molecule is CC(=O)C1CCCCC1N=C=S. The van der Waals surface area contributed by atoms with Crippen LogP contribution in [-0.2, 0) is 4.79 Å². The molecule has 1 saturated carbocycles. The van der Waals surface area contributed by atoms with Crippen molar-refractivity contribution in [3.8, 4) is 0 Å². The summed E-state index contributed by atoms with van der Waals surface area (Å²) >= 11 is 4.54. The zero-order valence-electron chi connectivity index (χ0n) is 7.25. The Morgan fingerprint density at radius 3 is 2.75 bits per heavy atom. The Hall–Kier alpha value is -0.530. The molecule has 66 valence electrons. The molecule has 3 heteroatoms. The van der Waals surface area contributed by atoms with Crippen molar-refractivity contribution in [1.29, 1.82) is 0 Å². The summed E-state index contributed by atoms with van der Waals surface area (Å²) in [5.74, 6) is 0.350. The first-order valence-electron chi connectivity index (χ1n) is 4.33. The van der Waals surface area contributed by atoms with E-state index in [9.17, 15) is 4.79 Å². The fourth-order valence-electron chi connectivity index (χ4n) is 1.81. The van der Waals surface area contributed by atoms with Gasteiger partial charge in [0.2, 0.25) is 0 Å². The van der Waals surface area contributed by atoms with Crippen LogP contribution in [0.2, 0.25) is 0 Å². The second-order valence-corrected chi connectivity index (χ2v) is 3.47. The number of ketones is 1. The summed E-state index contributed by atoms with van der Waals surface area (Å²) in [6.07, 6.45) is 4.27. The maximum Gasteiger partial charge on any atom is 0.135 e. The van der Waals surface area contributed by atoms with Crippen molar-refractivity contribution in [2.75, 3.05) is 0 Å². The van der Waals surface area contributed by atoms with E-state index in [2.05, 4.69) is 22.4 Å². The minimum absolute atomic E-state index is 0.106. The molecule has 0 aliphatic heterocycles. The van der Waals surface area contributed by atoms with E-state index in [1.807, 2.05) is 0 Å².